The Labute approximate surface area is 198 Å². The molecule has 168 valence electrons. The van der Waals surface area contributed by atoms with Crippen LogP contribution < -0.4 is 14.5 Å². The van der Waals surface area contributed by atoms with E-state index in [1.165, 1.54) is 0 Å². The van der Waals surface area contributed by atoms with E-state index in [1.54, 1.807) is 18.2 Å². The molecule has 0 bridgehead atoms. The molecule has 3 aromatic rings. The molecule has 0 unspecified atom stereocenters. The van der Waals surface area contributed by atoms with Crippen LogP contribution in [0.1, 0.15) is 23.2 Å². The summed E-state index contributed by atoms with van der Waals surface area (Å²) in [4.78, 5) is 18.9. The topological polar surface area (TPSA) is 95.5 Å². The lowest BCUT2D eigenvalue weighted by atomic mass is 10.1. The highest BCUT2D eigenvalue weighted by Crippen LogP contribution is 2.36. The zero-order valence-corrected chi connectivity index (χ0v) is 19.5. The number of amides is 1. The van der Waals surface area contributed by atoms with Crippen LogP contribution in [0.5, 0.6) is 0 Å². The fraction of sp³-hybridized carbons (Fsp3) is 0.211. The monoisotopic (exact) mass is 515 g/mol. The number of nitrogens with one attached hydrogen (secondary N) is 1. The highest BCUT2D eigenvalue weighted by molar-refractivity contribution is 7.74. The lowest BCUT2D eigenvalue weighted by Gasteiger charge is -2.22. The van der Waals surface area contributed by atoms with Gasteiger partial charge >= 0.3 is 0 Å². The van der Waals surface area contributed by atoms with Gasteiger partial charge in [-0.1, -0.05) is 23.2 Å². The van der Waals surface area contributed by atoms with Gasteiger partial charge < -0.3 is 10.2 Å². The first-order valence-electron chi connectivity index (χ1n) is 9.41. The maximum atomic E-state index is 14.9. The largest absolute Gasteiger partial charge is 0.371 e. The number of anilines is 4. The van der Waals surface area contributed by atoms with Crippen LogP contribution in [0.2, 0.25) is 10.0 Å². The van der Waals surface area contributed by atoms with E-state index < -0.39 is 22.6 Å². The number of hydrogen-bond donors (Lipinski definition) is 2. The Balaban J connectivity index is 1.65. The molecule has 2 aromatic carbocycles. The molecule has 1 fully saturated rings. The van der Waals surface area contributed by atoms with Crippen LogP contribution in [-0.4, -0.2) is 36.8 Å². The maximum Gasteiger partial charge on any atom is 0.257 e. The first-order valence-corrected chi connectivity index (χ1v) is 12.1. The number of hydrogen-bond acceptors (Lipinski definition) is 7. The Hall–Kier alpha value is -2.47. The standard InChI is InChI=1S/C19H16Cl2FN5O3S2/c20-11-3-4-12(16(7-11)26-5-1-2-6-26)18(28)25-15-9-14(22)17(8-13(15)21)27(32(29)30)19-23-10-24-31-19/h3-4,7-10,32H,1-2,5-6H2,(H,25,28). The Bertz CT molecular complexity index is 1230. The van der Waals surface area contributed by atoms with Crippen LogP contribution in [0.15, 0.2) is 36.7 Å². The summed E-state index contributed by atoms with van der Waals surface area (Å²) in [5, 5.41) is 3.02. The number of nitrogens with zero attached hydrogens (tertiary/aromatic N) is 4. The summed E-state index contributed by atoms with van der Waals surface area (Å²) in [5.74, 6) is -1.40. The van der Waals surface area contributed by atoms with Crippen LogP contribution in [0.3, 0.4) is 0 Å². The van der Waals surface area contributed by atoms with Gasteiger partial charge in [-0.05, 0) is 37.1 Å². The van der Waals surface area contributed by atoms with Gasteiger partial charge in [0.15, 0.2) is 0 Å². The molecular weight excluding hydrogens is 500 g/mol. The summed E-state index contributed by atoms with van der Waals surface area (Å²) in [5.41, 5.74) is 0.727. The molecule has 1 aliphatic rings. The van der Waals surface area contributed by atoms with Crippen molar-refractivity contribution in [1.82, 2.24) is 9.36 Å². The number of halogens is 3. The van der Waals surface area contributed by atoms with E-state index in [2.05, 4.69) is 19.6 Å². The van der Waals surface area contributed by atoms with Crippen molar-refractivity contribution in [2.75, 3.05) is 27.6 Å². The van der Waals surface area contributed by atoms with E-state index in [1.807, 2.05) is 0 Å². The summed E-state index contributed by atoms with van der Waals surface area (Å²) in [6.07, 6.45) is 3.18. The zero-order chi connectivity index (χ0) is 22.8. The number of benzene rings is 2. The molecule has 1 amide bonds. The normalized spacial score (nSPS) is 13.6. The maximum absolute atomic E-state index is 14.9. The summed E-state index contributed by atoms with van der Waals surface area (Å²) in [6.45, 7) is 1.61. The van der Waals surface area contributed by atoms with Gasteiger partial charge in [0.1, 0.15) is 12.1 Å². The van der Waals surface area contributed by atoms with Gasteiger partial charge in [0.2, 0.25) is 16.0 Å². The van der Waals surface area contributed by atoms with Gasteiger partial charge in [0.05, 0.1) is 27.6 Å². The Morgan fingerprint density at radius 1 is 1.19 bits per heavy atom. The Morgan fingerprint density at radius 2 is 1.94 bits per heavy atom. The smallest absolute Gasteiger partial charge is 0.257 e. The third-order valence-corrected chi connectivity index (χ3v) is 6.92. The average molecular weight is 516 g/mol. The predicted octanol–water partition coefficient (Wildman–Crippen LogP) is 4.50. The number of thiol groups is 1. The third-order valence-electron chi connectivity index (χ3n) is 4.86. The second-order valence-corrected chi connectivity index (χ2v) is 9.34. The molecule has 0 spiro atoms. The molecule has 0 radical (unpaired) electrons. The van der Waals surface area contributed by atoms with E-state index in [9.17, 15) is 17.6 Å². The van der Waals surface area contributed by atoms with E-state index in [0.29, 0.717) is 20.6 Å². The molecule has 1 aromatic heterocycles. The Morgan fingerprint density at radius 3 is 2.59 bits per heavy atom. The molecule has 8 nitrogen and oxygen atoms in total. The zero-order valence-electron chi connectivity index (χ0n) is 16.3. The lowest BCUT2D eigenvalue weighted by Crippen LogP contribution is -2.23. The number of carbonyl (C=O) groups is 1. The minimum atomic E-state index is -3.26. The number of rotatable bonds is 6. The van der Waals surface area contributed by atoms with Crippen molar-refractivity contribution in [2.24, 2.45) is 0 Å². The van der Waals surface area contributed by atoms with Crippen LogP contribution in [-0.2, 0) is 10.9 Å². The van der Waals surface area contributed by atoms with Crippen molar-refractivity contribution < 1.29 is 17.6 Å². The summed E-state index contributed by atoms with van der Waals surface area (Å²) < 4.78 is 42.7. The quantitative estimate of drug-likeness (QED) is 0.469. The van der Waals surface area contributed by atoms with Gasteiger partial charge in [-0.15, -0.1) is 0 Å². The predicted molar refractivity (Wildman–Crippen MR) is 125 cm³/mol. The molecule has 2 heterocycles. The second kappa shape index (κ2) is 9.57. The highest BCUT2D eigenvalue weighted by atomic mass is 35.5. The molecule has 4 rings (SSSR count). The number of carbonyl (C=O) groups excluding carboxylic acids is 1. The van der Waals surface area contributed by atoms with Gasteiger partial charge in [-0.3, -0.25) is 4.79 Å². The minimum Gasteiger partial charge on any atom is -0.371 e. The lowest BCUT2D eigenvalue weighted by molar-refractivity contribution is 0.102. The van der Waals surface area contributed by atoms with Gasteiger partial charge in [0, 0.05) is 35.7 Å². The van der Waals surface area contributed by atoms with Gasteiger partial charge in [0.25, 0.3) is 5.91 Å². The molecular formula is C19H16Cl2FN5O3S2. The average Bonchev–Trinajstić information content (AvgIpc) is 3.45. The van der Waals surface area contributed by atoms with Crippen molar-refractivity contribution in [3.8, 4) is 0 Å². The van der Waals surface area contributed by atoms with Crippen molar-refractivity contribution >= 4 is 73.7 Å². The van der Waals surface area contributed by atoms with Crippen molar-refractivity contribution in [3.05, 3.63) is 58.1 Å². The third kappa shape index (κ3) is 4.65. The molecule has 1 aliphatic heterocycles. The van der Waals surface area contributed by atoms with Crippen molar-refractivity contribution in [2.45, 2.75) is 12.8 Å². The second-order valence-electron chi connectivity index (χ2n) is 6.87. The fourth-order valence-corrected chi connectivity index (χ4v) is 5.08. The molecule has 0 saturated carbocycles. The SMILES string of the molecule is O=C(Nc1cc(F)c(N(c2ncns2)[SH](=O)=O)cc1Cl)c1ccc(Cl)cc1N1CCCC1. The molecule has 1 N–H and O–H groups in total. The summed E-state index contributed by atoms with van der Waals surface area (Å²) >= 11 is 13.2. The Kier molecular flexibility index (Phi) is 6.79. The van der Waals surface area contributed by atoms with Crippen LogP contribution in [0.25, 0.3) is 0 Å². The minimum absolute atomic E-state index is 0.00132. The van der Waals surface area contributed by atoms with E-state index in [-0.39, 0.29) is 21.5 Å². The fourth-order valence-electron chi connectivity index (χ4n) is 3.42. The van der Waals surface area contributed by atoms with Crippen LogP contribution in [0.4, 0.5) is 26.6 Å². The first-order chi connectivity index (χ1) is 15.3. The molecule has 1 saturated heterocycles. The van der Waals surface area contributed by atoms with Crippen LogP contribution in [0, 0.1) is 5.82 Å². The number of aromatic nitrogens is 2. The highest BCUT2D eigenvalue weighted by Gasteiger charge is 2.24. The summed E-state index contributed by atoms with van der Waals surface area (Å²) in [7, 11) is -3.26. The van der Waals surface area contributed by atoms with E-state index >= 15 is 0 Å². The van der Waals surface area contributed by atoms with Crippen molar-refractivity contribution in [3.63, 3.8) is 0 Å². The van der Waals surface area contributed by atoms with Gasteiger partial charge in [-0.2, -0.15) is 4.37 Å². The van der Waals surface area contributed by atoms with E-state index in [0.717, 1.165) is 55.9 Å². The first kappa shape index (κ1) is 22.7. The van der Waals surface area contributed by atoms with Crippen LogP contribution >= 0.6 is 34.7 Å². The summed E-state index contributed by atoms with van der Waals surface area (Å²) in [6, 6.07) is 7.00. The molecule has 32 heavy (non-hydrogen) atoms. The van der Waals surface area contributed by atoms with Gasteiger partial charge in [-0.25, -0.2) is 22.1 Å². The molecule has 0 atom stereocenters. The van der Waals surface area contributed by atoms with E-state index in [4.69, 9.17) is 23.2 Å². The molecule has 0 aliphatic carbocycles. The molecule has 13 heteroatoms. The van der Waals surface area contributed by atoms with Crippen molar-refractivity contribution in [1.29, 1.82) is 0 Å².